The van der Waals surface area contributed by atoms with E-state index in [-0.39, 0.29) is 5.41 Å². The van der Waals surface area contributed by atoms with Gasteiger partial charge in [0.1, 0.15) is 0 Å². The Kier molecular flexibility index (Phi) is 6.13. The number of nitriles is 1. The number of aromatic nitrogens is 2. The molecule has 1 aromatic heterocycles. The molecule has 0 radical (unpaired) electrons. The van der Waals surface area contributed by atoms with E-state index in [2.05, 4.69) is 117 Å². The van der Waals surface area contributed by atoms with Crippen molar-refractivity contribution in [3.63, 3.8) is 0 Å². The fourth-order valence-corrected chi connectivity index (χ4v) is 8.23. The van der Waals surface area contributed by atoms with Gasteiger partial charge in [0, 0.05) is 22.1 Å². The monoisotopic (exact) mass is 613 g/mol. The molecule has 0 saturated carbocycles. The molecule has 0 saturated heterocycles. The molecule has 0 bridgehead atoms. The van der Waals surface area contributed by atoms with Gasteiger partial charge in [-0.25, -0.2) is 9.97 Å². The highest BCUT2D eigenvalue weighted by Crippen LogP contribution is 2.62. The highest BCUT2D eigenvalue weighted by Gasteiger charge is 2.53. The molecule has 2 aliphatic carbocycles. The van der Waals surface area contributed by atoms with E-state index in [9.17, 15) is 5.26 Å². The minimum atomic E-state index is -0.434. The van der Waals surface area contributed by atoms with Crippen LogP contribution in [0.15, 0.2) is 152 Å². The maximum absolute atomic E-state index is 9.62. The largest absolute Gasteiger partial charge is 0.228 e. The molecule has 0 fully saturated rings. The van der Waals surface area contributed by atoms with Crippen LogP contribution in [0.25, 0.3) is 45.0 Å². The lowest BCUT2D eigenvalue weighted by molar-refractivity contribution is 0.563. The lowest BCUT2D eigenvalue weighted by Gasteiger charge is -2.46. The molecule has 2 aliphatic rings. The zero-order valence-corrected chi connectivity index (χ0v) is 26.8. The van der Waals surface area contributed by atoms with E-state index < -0.39 is 5.41 Å². The van der Waals surface area contributed by atoms with Crippen LogP contribution in [0.2, 0.25) is 0 Å². The van der Waals surface area contributed by atoms with Gasteiger partial charge in [0.25, 0.3) is 0 Å². The third kappa shape index (κ3) is 3.93. The maximum Gasteiger partial charge on any atom is 0.160 e. The van der Waals surface area contributed by atoms with E-state index in [1.54, 1.807) is 0 Å². The van der Waals surface area contributed by atoms with Crippen molar-refractivity contribution < 1.29 is 0 Å². The molecule has 1 heterocycles. The highest BCUT2D eigenvalue weighted by atomic mass is 14.9. The Balaban J connectivity index is 1.31. The maximum atomic E-state index is 9.62. The first-order valence-electron chi connectivity index (χ1n) is 16.4. The van der Waals surface area contributed by atoms with Crippen molar-refractivity contribution in [2.24, 2.45) is 0 Å². The first-order chi connectivity index (χ1) is 23.5. The quantitative estimate of drug-likeness (QED) is 0.199. The zero-order chi connectivity index (χ0) is 32.5. The molecular weight excluding hydrogens is 583 g/mol. The number of hydrogen-bond acceptors (Lipinski definition) is 3. The van der Waals surface area contributed by atoms with Crippen molar-refractivity contribution in [3.8, 4) is 51.1 Å². The van der Waals surface area contributed by atoms with Gasteiger partial charge in [0.15, 0.2) is 5.82 Å². The Morgan fingerprint density at radius 2 is 1.00 bits per heavy atom. The summed E-state index contributed by atoms with van der Waals surface area (Å²) >= 11 is 0. The molecule has 3 nitrogen and oxygen atoms in total. The Hall–Kier alpha value is -6.11. The van der Waals surface area contributed by atoms with Gasteiger partial charge in [-0.2, -0.15) is 5.26 Å². The lowest BCUT2D eigenvalue weighted by Crippen LogP contribution is -2.40. The molecule has 0 N–H and O–H groups in total. The van der Waals surface area contributed by atoms with Crippen LogP contribution in [-0.2, 0) is 10.8 Å². The summed E-state index contributed by atoms with van der Waals surface area (Å²) in [4.78, 5) is 10.1. The number of nitrogens with zero attached hydrogens (tertiary/aromatic N) is 3. The van der Waals surface area contributed by atoms with Gasteiger partial charge in [-0.05, 0) is 68.8 Å². The summed E-state index contributed by atoms with van der Waals surface area (Å²) in [6.45, 7) is 4.71. The zero-order valence-electron chi connectivity index (χ0n) is 26.8. The van der Waals surface area contributed by atoms with Crippen molar-refractivity contribution in [1.29, 1.82) is 5.26 Å². The van der Waals surface area contributed by atoms with E-state index in [0.717, 1.165) is 28.1 Å². The summed E-state index contributed by atoms with van der Waals surface area (Å²) in [5.74, 6) is 0.653. The number of rotatable bonds is 3. The van der Waals surface area contributed by atoms with Crippen LogP contribution in [0, 0.1) is 11.3 Å². The summed E-state index contributed by atoms with van der Waals surface area (Å²) in [6.07, 6.45) is 0. The van der Waals surface area contributed by atoms with Crippen LogP contribution in [-0.4, -0.2) is 9.97 Å². The molecule has 3 heteroatoms. The van der Waals surface area contributed by atoms with Crippen LogP contribution < -0.4 is 0 Å². The van der Waals surface area contributed by atoms with E-state index in [0.29, 0.717) is 11.4 Å². The second-order valence-corrected chi connectivity index (χ2v) is 13.3. The van der Waals surface area contributed by atoms with Gasteiger partial charge < -0.3 is 0 Å². The third-order valence-corrected chi connectivity index (χ3v) is 10.4. The first-order valence-corrected chi connectivity index (χ1v) is 16.4. The topological polar surface area (TPSA) is 49.6 Å². The van der Waals surface area contributed by atoms with Crippen LogP contribution in [0.3, 0.4) is 0 Å². The Labute approximate surface area is 280 Å². The molecule has 226 valence electrons. The van der Waals surface area contributed by atoms with Crippen molar-refractivity contribution in [3.05, 3.63) is 191 Å². The van der Waals surface area contributed by atoms with Crippen molar-refractivity contribution in [1.82, 2.24) is 9.97 Å². The number of fused-ring (bicyclic) bond motifs is 9. The molecule has 6 aromatic carbocycles. The molecule has 0 aliphatic heterocycles. The standard InChI is InChI=1S/C45H31N3/c1-44(2)37-19-8-10-21-39(37)45(40-22-11-9-20-38(40)44)35-18-7-6-17-33(35)34-26-32(23-24-36(34)45)42-27-41(31-16-12-13-29(25-31)28-46)47-43(48-42)30-14-4-3-5-15-30/h3-27H,1-2H3. The fourth-order valence-electron chi connectivity index (χ4n) is 8.23. The predicted octanol–water partition coefficient (Wildman–Crippen LogP) is 10.4. The number of hydrogen-bond donors (Lipinski definition) is 0. The molecule has 9 rings (SSSR count). The summed E-state index contributed by atoms with van der Waals surface area (Å²) in [7, 11) is 0. The minimum absolute atomic E-state index is 0.135. The SMILES string of the molecule is CC1(C)c2ccccc2C2(c3ccccc3-c3cc(-c4cc(-c5cccc(C#N)c5)nc(-c5ccccc5)n4)ccc32)c2ccccc21. The second kappa shape index (κ2) is 10.5. The van der Waals surface area contributed by atoms with Crippen LogP contribution in [0.4, 0.5) is 0 Å². The third-order valence-electron chi connectivity index (χ3n) is 10.4. The van der Waals surface area contributed by atoms with E-state index in [1.807, 2.05) is 54.6 Å². The average molecular weight is 614 g/mol. The highest BCUT2D eigenvalue weighted by molar-refractivity contribution is 5.90. The summed E-state index contributed by atoms with van der Waals surface area (Å²) < 4.78 is 0. The molecule has 1 spiro atoms. The Bertz CT molecular complexity index is 2400. The smallest absolute Gasteiger partial charge is 0.160 e. The van der Waals surface area contributed by atoms with E-state index >= 15 is 0 Å². The van der Waals surface area contributed by atoms with Gasteiger partial charge in [-0.15, -0.1) is 0 Å². The van der Waals surface area contributed by atoms with Gasteiger partial charge >= 0.3 is 0 Å². The lowest BCUT2D eigenvalue weighted by atomic mass is 9.55. The van der Waals surface area contributed by atoms with Crippen LogP contribution in [0.1, 0.15) is 52.8 Å². The van der Waals surface area contributed by atoms with Gasteiger partial charge in [0.05, 0.1) is 28.4 Å². The Morgan fingerprint density at radius 3 is 1.67 bits per heavy atom. The molecule has 48 heavy (non-hydrogen) atoms. The van der Waals surface area contributed by atoms with Gasteiger partial charge in [0.2, 0.25) is 0 Å². The van der Waals surface area contributed by atoms with Crippen LogP contribution in [0.5, 0.6) is 0 Å². The van der Waals surface area contributed by atoms with Crippen LogP contribution >= 0.6 is 0 Å². The van der Waals surface area contributed by atoms with Gasteiger partial charge in [-0.3, -0.25) is 0 Å². The fraction of sp³-hybridized carbons (Fsp3) is 0.0889. The first kappa shape index (κ1) is 28.1. The van der Waals surface area contributed by atoms with Crippen molar-refractivity contribution in [2.45, 2.75) is 24.7 Å². The molecular formula is C45H31N3. The van der Waals surface area contributed by atoms with Crippen molar-refractivity contribution in [2.75, 3.05) is 0 Å². The molecule has 7 aromatic rings. The predicted molar refractivity (Wildman–Crippen MR) is 192 cm³/mol. The van der Waals surface area contributed by atoms with E-state index in [4.69, 9.17) is 9.97 Å². The van der Waals surface area contributed by atoms with E-state index in [1.165, 1.54) is 44.5 Å². The molecule has 0 amide bonds. The minimum Gasteiger partial charge on any atom is -0.228 e. The average Bonchev–Trinajstić information content (AvgIpc) is 3.44. The van der Waals surface area contributed by atoms with Crippen molar-refractivity contribution >= 4 is 0 Å². The summed E-state index contributed by atoms with van der Waals surface area (Å²) in [6, 6.07) is 55.9. The van der Waals surface area contributed by atoms with Gasteiger partial charge in [-0.1, -0.05) is 141 Å². The Morgan fingerprint density at radius 1 is 0.458 bits per heavy atom. The molecule has 0 atom stereocenters. The normalized spacial score (nSPS) is 14.4. The molecule has 0 unspecified atom stereocenters. The summed E-state index contributed by atoms with van der Waals surface area (Å²) in [5, 5.41) is 9.62. The number of benzene rings is 6. The second-order valence-electron chi connectivity index (χ2n) is 13.3. The summed E-state index contributed by atoms with van der Waals surface area (Å²) in [5.41, 5.74) is 15.0.